The molecule has 0 aliphatic heterocycles. The number of aryl methyl sites for hydroxylation is 1. The molecule has 0 amide bonds. The first kappa shape index (κ1) is 13.7. The van der Waals surface area contributed by atoms with Gasteiger partial charge in [0.2, 0.25) is 0 Å². The summed E-state index contributed by atoms with van der Waals surface area (Å²) in [5, 5.41) is 2.04. The van der Waals surface area contributed by atoms with E-state index in [9.17, 15) is 4.39 Å². The van der Waals surface area contributed by atoms with Gasteiger partial charge in [0.05, 0.1) is 6.04 Å². The van der Waals surface area contributed by atoms with E-state index >= 15 is 0 Å². The van der Waals surface area contributed by atoms with Crippen molar-refractivity contribution in [2.75, 3.05) is 0 Å². The molecule has 1 atom stereocenters. The van der Waals surface area contributed by atoms with Gasteiger partial charge in [0, 0.05) is 9.35 Å². The Morgan fingerprint density at radius 3 is 2.83 bits per heavy atom. The fourth-order valence-electron chi connectivity index (χ4n) is 1.89. The minimum absolute atomic E-state index is 0.00287. The fraction of sp³-hybridized carbons (Fsp3) is 0.231. The number of nitrogens with one attached hydrogen (secondary N) is 1. The van der Waals surface area contributed by atoms with Crippen LogP contribution in [-0.2, 0) is 6.42 Å². The van der Waals surface area contributed by atoms with Crippen molar-refractivity contribution in [2.45, 2.75) is 19.4 Å². The zero-order valence-electron chi connectivity index (χ0n) is 9.91. The first-order chi connectivity index (χ1) is 8.61. The smallest absolute Gasteiger partial charge is 0.123 e. The second-order valence-electron chi connectivity index (χ2n) is 4.13. The molecule has 1 aromatic heterocycles. The Morgan fingerprint density at radius 2 is 2.22 bits per heavy atom. The molecular formula is C13H14BrFN2S. The number of rotatable bonds is 4. The molecule has 3 N–H and O–H groups in total. The van der Waals surface area contributed by atoms with Crippen molar-refractivity contribution in [3.8, 4) is 0 Å². The molecule has 0 saturated heterocycles. The Balaban J connectivity index is 2.26. The zero-order valence-corrected chi connectivity index (χ0v) is 12.3. The van der Waals surface area contributed by atoms with Gasteiger partial charge in [0.1, 0.15) is 5.82 Å². The molecule has 5 heteroatoms. The van der Waals surface area contributed by atoms with E-state index in [1.807, 2.05) is 5.38 Å². The summed E-state index contributed by atoms with van der Waals surface area (Å²) in [5.74, 6) is 5.39. The Kier molecular flexibility index (Phi) is 4.50. The van der Waals surface area contributed by atoms with Gasteiger partial charge in [-0.1, -0.05) is 15.9 Å². The maximum absolute atomic E-state index is 13.3. The van der Waals surface area contributed by atoms with Crippen molar-refractivity contribution < 1.29 is 4.39 Å². The minimum Gasteiger partial charge on any atom is -0.271 e. The van der Waals surface area contributed by atoms with Crippen molar-refractivity contribution in [1.29, 1.82) is 0 Å². The van der Waals surface area contributed by atoms with E-state index < -0.39 is 0 Å². The molecular weight excluding hydrogens is 315 g/mol. The van der Waals surface area contributed by atoms with Crippen LogP contribution in [0.15, 0.2) is 34.1 Å². The quantitative estimate of drug-likeness (QED) is 0.663. The summed E-state index contributed by atoms with van der Waals surface area (Å²) in [6.45, 7) is 2.05. The van der Waals surface area contributed by atoms with Crippen molar-refractivity contribution in [1.82, 2.24) is 5.43 Å². The Morgan fingerprint density at radius 1 is 1.44 bits per heavy atom. The SMILES string of the molecule is Cc1ccsc1C(Cc1cc(F)ccc1Br)NN. The van der Waals surface area contributed by atoms with Gasteiger partial charge in [-0.05, 0) is 54.1 Å². The monoisotopic (exact) mass is 328 g/mol. The van der Waals surface area contributed by atoms with Gasteiger partial charge in [-0.15, -0.1) is 11.3 Å². The van der Waals surface area contributed by atoms with E-state index in [1.165, 1.54) is 22.6 Å². The summed E-state index contributed by atoms with van der Waals surface area (Å²) in [6, 6.07) is 6.76. The summed E-state index contributed by atoms with van der Waals surface area (Å²) in [7, 11) is 0. The minimum atomic E-state index is -0.230. The van der Waals surface area contributed by atoms with Gasteiger partial charge in [-0.3, -0.25) is 11.3 Å². The highest BCUT2D eigenvalue weighted by atomic mass is 79.9. The third-order valence-corrected chi connectivity index (χ3v) is 4.76. The molecule has 2 rings (SSSR count). The van der Waals surface area contributed by atoms with Gasteiger partial charge in [0.25, 0.3) is 0 Å². The molecule has 0 fully saturated rings. The molecule has 0 radical (unpaired) electrons. The van der Waals surface area contributed by atoms with Crippen LogP contribution in [-0.4, -0.2) is 0 Å². The largest absolute Gasteiger partial charge is 0.271 e. The molecule has 0 saturated carbocycles. The van der Waals surface area contributed by atoms with E-state index in [0.717, 1.165) is 10.0 Å². The zero-order chi connectivity index (χ0) is 13.1. The normalized spacial score (nSPS) is 12.7. The van der Waals surface area contributed by atoms with Gasteiger partial charge in [-0.2, -0.15) is 0 Å². The maximum Gasteiger partial charge on any atom is 0.123 e. The molecule has 96 valence electrons. The van der Waals surface area contributed by atoms with Crippen molar-refractivity contribution >= 4 is 27.3 Å². The topological polar surface area (TPSA) is 38.0 Å². The fourth-order valence-corrected chi connectivity index (χ4v) is 3.29. The van der Waals surface area contributed by atoms with E-state index in [4.69, 9.17) is 5.84 Å². The Bertz CT molecular complexity index is 542. The lowest BCUT2D eigenvalue weighted by atomic mass is 10.0. The lowest BCUT2D eigenvalue weighted by molar-refractivity contribution is 0.553. The average Bonchev–Trinajstić information content (AvgIpc) is 2.77. The Labute approximate surface area is 118 Å². The highest BCUT2D eigenvalue weighted by Crippen LogP contribution is 2.29. The van der Waals surface area contributed by atoms with Crippen LogP contribution in [0.1, 0.15) is 22.0 Å². The van der Waals surface area contributed by atoms with Crippen LogP contribution in [0.3, 0.4) is 0 Å². The van der Waals surface area contributed by atoms with Crippen LogP contribution in [0.4, 0.5) is 4.39 Å². The number of benzene rings is 1. The highest BCUT2D eigenvalue weighted by Gasteiger charge is 2.16. The Hall–Kier alpha value is -0.750. The van der Waals surface area contributed by atoms with Crippen LogP contribution in [0, 0.1) is 12.7 Å². The maximum atomic E-state index is 13.3. The predicted octanol–water partition coefficient (Wildman–Crippen LogP) is 3.71. The molecule has 2 aromatic rings. The van der Waals surface area contributed by atoms with Crippen LogP contribution < -0.4 is 11.3 Å². The second kappa shape index (κ2) is 5.93. The van der Waals surface area contributed by atoms with Crippen molar-refractivity contribution in [2.24, 2.45) is 5.84 Å². The van der Waals surface area contributed by atoms with Gasteiger partial charge < -0.3 is 0 Å². The lowest BCUT2D eigenvalue weighted by Gasteiger charge is -2.16. The number of nitrogens with two attached hydrogens (primary N) is 1. The van der Waals surface area contributed by atoms with Crippen LogP contribution in [0.5, 0.6) is 0 Å². The summed E-state index contributed by atoms with van der Waals surface area (Å²) < 4.78 is 14.2. The molecule has 0 aliphatic rings. The first-order valence-corrected chi connectivity index (χ1v) is 7.23. The highest BCUT2D eigenvalue weighted by molar-refractivity contribution is 9.10. The molecule has 0 spiro atoms. The molecule has 2 nitrogen and oxygen atoms in total. The van der Waals surface area contributed by atoms with Crippen molar-refractivity contribution in [3.63, 3.8) is 0 Å². The molecule has 18 heavy (non-hydrogen) atoms. The first-order valence-electron chi connectivity index (χ1n) is 5.56. The van der Waals surface area contributed by atoms with Gasteiger partial charge >= 0.3 is 0 Å². The molecule has 1 aromatic carbocycles. The van der Waals surface area contributed by atoms with E-state index in [-0.39, 0.29) is 11.9 Å². The summed E-state index contributed by atoms with van der Waals surface area (Å²) in [5.41, 5.74) is 4.92. The molecule has 0 bridgehead atoms. The van der Waals surface area contributed by atoms with E-state index in [1.54, 1.807) is 17.4 Å². The molecule has 0 aliphatic carbocycles. The third-order valence-electron chi connectivity index (χ3n) is 2.85. The molecule has 1 heterocycles. The second-order valence-corrected chi connectivity index (χ2v) is 5.93. The van der Waals surface area contributed by atoms with E-state index in [0.29, 0.717) is 6.42 Å². The lowest BCUT2D eigenvalue weighted by Crippen LogP contribution is -2.29. The van der Waals surface area contributed by atoms with Crippen LogP contribution in [0.25, 0.3) is 0 Å². The summed E-state index contributed by atoms with van der Waals surface area (Å²) >= 11 is 5.10. The third kappa shape index (κ3) is 2.98. The van der Waals surface area contributed by atoms with Crippen LogP contribution >= 0.6 is 27.3 Å². The van der Waals surface area contributed by atoms with E-state index in [2.05, 4.69) is 34.3 Å². The average molecular weight is 329 g/mol. The number of thiophene rings is 1. The van der Waals surface area contributed by atoms with Gasteiger partial charge in [-0.25, -0.2) is 4.39 Å². The van der Waals surface area contributed by atoms with Crippen molar-refractivity contribution in [3.05, 3.63) is 55.9 Å². The summed E-state index contributed by atoms with van der Waals surface area (Å²) in [6.07, 6.45) is 0.649. The standard InChI is InChI=1S/C13H14BrFN2S/c1-8-4-5-18-13(8)12(17-16)7-9-6-10(15)2-3-11(9)14/h2-6,12,17H,7,16H2,1H3. The number of hydrogen-bond acceptors (Lipinski definition) is 3. The van der Waals surface area contributed by atoms with Gasteiger partial charge in [0.15, 0.2) is 0 Å². The number of hydrazine groups is 1. The molecule has 1 unspecified atom stereocenters. The summed E-state index contributed by atoms with van der Waals surface area (Å²) in [4.78, 5) is 1.19. The van der Waals surface area contributed by atoms with Crippen LogP contribution in [0.2, 0.25) is 0 Å². The number of halogens is 2. The number of hydrogen-bond donors (Lipinski definition) is 2. The predicted molar refractivity (Wildman–Crippen MR) is 76.9 cm³/mol.